The molecule has 0 aliphatic carbocycles. The first-order valence-electron chi connectivity index (χ1n) is 8.04. The Balaban J connectivity index is 1.80. The number of ether oxygens (including phenoxy) is 1. The third-order valence-electron chi connectivity index (χ3n) is 3.88. The van der Waals surface area contributed by atoms with Gasteiger partial charge in [-0.1, -0.05) is 24.3 Å². The first-order valence-corrected chi connectivity index (χ1v) is 8.04. The Labute approximate surface area is 145 Å². The minimum absolute atomic E-state index is 0.105. The third-order valence-corrected chi connectivity index (χ3v) is 3.88. The zero-order chi connectivity index (χ0) is 17.8. The lowest BCUT2D eigenvalue weighted by Crippen LogP contribution is -2.32. The van der Waals surface area contributed by atoms with Gasteiger partial charge in [0.05, 0.1) is 12.1 Å². The molecule has 3 rings (SSSR count). The molecule has 128 valence electrons. The highest BCUT2D eigenvalue weighted by molar-refractivity contribution is 5.95. The fourth-order valence-electron chi connectivity index (χ4n) is 2.60. The Morgan fingerprint density at radius 3 is 2.60 bits per heavy atom. The number of nitrogens with one attached hydrogen (secondary N) is 1. The molecule has 0 fully saturated rings. The Kier molecular flexibility index (Phi) is 4.79. The normalized spacial score (nSPS) is 10.6. The number of aromatic amines is 1. The van der Waals surface area contributed by atoms with Crippen LogP contribution in [0.5, 0.6) is 5.75 Å². The van der Waals surface area contributed by atoms with Crippen LogP contribution in [0.25, 0.3) is 10.9 Å². The molecule has 0 unspecified atom stereocenters. The molecule has 0 saturated heterocycles. The zero-order valence-corrected chi connectivity index (χ0v) is 14.2. The van der Waals surface area contributed by atoms with Crippen molar-refractivity contribution in [3.8, 4) is 5.75 Å². The number of aromatic nitrogens is 2. The minimum atomic E-state index is -0.416. The Morgan fingerprint density at radius 1 is 1.16 bits per heavy atom. The number of benzene rings is 2. The summed E-state index contributed by atoms with van der Waals surface area (Å²) in [4.78, 5) is 26.6. The molecule has 0 aliphatic rings. The van der Waals surface area contributed by atoms with E-state index in [1.165, 1.54) is 4.90 Å². The van der Waals surface area contributed by atoms with Gasteiger partial charge in [-0.15, -0.1) is 0 Å². The van der Waals surface area contributed by atoms with Gasteiger partial charge in [-0.2, -0.15) is 5.10 Å². The molecule has 6 heteroatoms. The highest BCUT2D eigenvalue weighted by Crippen LogP contribution is 2.14. The topological polar surface area (TPSA) is 75.3 Å². The number of carbonyl (C=O) groups excluding carboxylic acids is 1. The van der Waals surface area contributed by atoms with E-state index >= 15 is 0 Å². The van der Waals surface area contributed by atoms with Gasteiger partial charge in [0, 0.05) is 19.0 Å². The van der Waals surface area contributed by atoms with Gasteiger partial charge in [-0.25, -0.2) is 0 Å². The molecule has 1 aromatic heterocycles. The standard InChI is InChI=1S/C19H19N3O3/c1-3-25-14-10-8-13(9-11-14)12-22(2)19(24)17-18(23)15-6-4-5-7-16(15)20-21-17/h4-11H,3,12H2,1-2H3,(H,20,23). The number of rotatable bonds is 5. The SMILES string of the molecule is CCOc1ccc(CN(C)C(=O)c2n[nH]c3ccccc3c2=O)cc1. The fourth-order valence-corrected chi connectivity index (χ4v) is 2.60. The predicted molar refractivity (Wildman–Crippen MR) is 95.8 cm³/mol. The summed E-state index contributed by atoms with van der Waals surface area (Å²) >= 11 is 0. The second-order valence-electron chi connectivity index (χ2n) is 5.69. The number of carbonyl (C=O) groups is 1. The van der Waals surface area contributed by atoms with Crippen LogP contribution in [0.1, 0.15) is 23.0 Å². The van der Waals surface area contributed by atoms with E-state index in [0.29, 0.717) is 24.1 Å². The number of hydrogen-bond donors (Lipinski definition) is 1. The van der Waals surface area contributed by atoms with Crippen LogP contribution in [0.2, 0.25) is 0 Å². The average Bonchev–Trinajstić information content (AvgIpc) is 2.63. The van der Waals surface area contributed by atoms with E-state index in [9.17, 15) is 9.59 Å². The monoisotopic (exact) mass is 337 g/mol. The molecule has 0 radical (unpaired) electrons. The van der Waals surface area contributed by atoms with Gasteiger partial charge in [-0.05, 0) is 36.8 Å². The van der Waals surface area contributed by atoms with Crippen molar-refractivity contribution in [1.29, 1.82) is 0 Å². The molecule has 1 N–H and O–H groups in total. The molecular weight excluding hydrogens is 318 g/mol. The van der Waals surface area contributed by atoms with Gasteiger partial charge in [0.15, 0.2) is 5.69 Å². The largest absolute Gasteiger partial charge is 0.494 e. The van der Waals surface area contributed by atoms with Crippen LogP contribution in [0.15, 0.2) is 53.3 Å². The summed E-state index contributed by atoms with van der Waals surface area (Å²) < 4.78 is 5.40. The second kappa shape index (κ2) is 7.17. The Bertz CT molecular complexity index is 948. The van der Waals surface area contributed by atoms with Crippen molar-refractivity contribution >= 4 is 16.8 Å². The number of amides is 1. The fraction of sp³-hybridized carbons (Fsp3) is 0.211. The lowest BCUT2D eigenvalue weighted by Gasteiger charge is -2.16. The maximum atomic E-state index is 12.6. The minimum Gasteiger partial charge on any atom is -0.494 e. The first kappa shape index (κ1) is 16.7. The van der Waals surface area contributed by atoms with Crippen LogP contribution in [0.4, 0.5) is 0 Å². The third kappa shape index (κ3) is 3.52. The summed E-state index contributed by atoms with van der Waals surface area (Å²) in [6.07, 6.45) is 0. The molecule has 2 aromatic carbocycles. The van der Waals surface area contributed by atoms with Crippen LogP contribution in [-0.2, 0) is 6.54 Å². The maximum absolute atomic E-state index is 12.6. The predicted octanol–water partition coefficient (Wildman–Crippen LogP) is 2.59. The summed E-state index contributed by atoms with van der Waals surface area (Å²) in [6, 6.07) is 14.5. The van der Waals surface area contributed by atoms with E-state index in [2.05, 4.69) is 10.2 Å². The first-order chi connectivity index (χ1) is 12.1. The van der Waals surface area contributed by atoms with Crippen molar-refractivity contribution in [2.75, 3.05) is 13.7 Å². The van der Waals surface area contributed by atoms with E-state index in [4.69, 9.17) is 4.74 Å². The van der Waals surface area contributed by atoms with Crippen LogP contribution in [0.3, 0.4) is 0 Å². The highest BCUT2D eigenvalue weighted by atomic mass is 16.5. The van der Waals surface area contributed by atoms with Crippen LogP contribution >= 0.6 is 0 Å². The highest BCUT2D eigenvalue weighted by Gasteiger charge is 2.19. The van der Waals surface area contributed by atoms with Crippen molar-refractivity contribution < 1.29 is 9.53 Å². The van der Waals surface area contributed by atoms with Gasteiger partial charge >= 0.3 is 0 Å². The zero-order valence-electron chi connectivity index (χ0n) is 14.2. The van der Waals surface area contributed by atoms with E-state index in [-0.39, 0.29) is 11.1 Å². The molecule has 25 heavy (non-hydrogen) atoms. The number of H-pyrrole nitrogens is 1. The molecule has 6 nitrogen and oxygen atoms in total. The van der Waals surface area contributed by atoms with Crippen LogP contribution in [-0.4, -0.2) is 34.7 Å². The molecule has 1 amide bonds. The van der Waals surface area contributed by atoms with Gasteiger partial charge in [-0.3, -0.25) is 14.7 Å². The van der Waals surface area contributed by atoms with Gasteiger partial charge < -0.3 is 9.64 Å². The molecule has 0 bridgehead atoms. The quantitative estimate of drug-likeness (QED) is 0.776. The van der Waals surface area contributed by atoms with E-state index < -0.39 is 5.91 Å². The van der Waals surface area contributed by atoms with Gasteiger partial charge in [0.1, 0.15) is 5.75 Å². The molecule has 0 saturated carbocycles. The number of fused-ring (bicyclic) bond motifs is 1. The van der Waals surface area contributed by atoms with Gasteiger partial charge in [0.2, 0.25) is 5.43 Å². The Hall–Kier alpha value is -3.15. The number of hydrogen-bond acceptors (Lipinski definition) is 4. The lowest BCUT2D eigenvalue weighted by molar-refractivity contribution is 0.0777. The summed E-state index contributed by atoms with van der Waals surface area (Å²) in [7, 11) is 1.65. The maximum Gasteiger partial charge on any atom is 0.278 e. The summed E-state index contributed by atoms with van der Waals surface area (Å²) in [5.41, 5.74) is 1.08. The van der Waals surface area contributed by atoms with E-state index in [1.807, 2.05) is 31.2 Å². The van der Waals surface area contributed by atoms with E-state index in [0.717, 1.165) is 11.3 Å². The Morgan fingerprint density at radius 2 is 1.88 bits per heavy atom. The van der Waals surface area contributed by atoms with Crippen LogP contribution in [0, 0.1) is 0 Å². The lowest BCUT2D eigenvalue weighted by atomic mass is 10.1. The van der Waals surface area contributed by atoms with Crippen LogP contribution < -0.4 is 10.2 Å². The van der Waals surface area contributed by atoms with Gasteiger partial charge in [0.25, 0.3) is 5.91 Å². The second-order valence-corrected chi connectivity index (χ2v) is 5.69. The average molecular weight is 337 g/mol. The van der Waals surface area contributed by atoms with Crippen molar-refractivity contribution in [2.24, 2.45) is 0 Å². The summed E-state index contributed by atoms with van der Waals surface area (Å²) in [6.45, 7) is 2.90. The van der Waals surface area contributed by atoms with E-state index in [1.54, 1.807) is 31.3 Å². The molecule has 0 spiro atoms. The van der Waals surface area contributed by atoms with Crippen molar-refractivity contribution in [2.45, 2.75) is 13.5 Å². The molecular formula is C19H19N3O3. The van der Waals surface area contributed by atoms with Crippen molar-refractivity contribution in [1.82, 2.24) is 15.1 Å². The molecule has 1 heterocycles. The van der Waals surface area contributed by atoms with Crippen molar-refractivity contribution in [3.63, 3.8) is 0 Å². The summed E-state index contributed by atoms with van der Waals surface area (Å²) in [5, 5.41) is 7.18. The smallest absolute Gasteiger partial charge is 0.278 e. The van der Waals surface area contributed by atoms with Crippen molar-refractivity contribution in [3.05, 3.63) is 70.0 Å². The summed E-state index contributed by atoms with van der Waals surface area (Å²) in [5.74, 6) is 0.369. The molecule has 0 atom stereocenters. The molecule has 3 aromatic rings. The number of nitrogens with zero attached hydrogens (tertiary/aromatic N) is 2. The number of para-hydroxylation sites is 1. The molecule has 0 aliphatic heterocycles.